The van der Waals surface area contributed by atoms with Crippen LogP contribution in [-0.4, -0.2) is 234 Å². The molecular weight excluding hydrogens is 1420 g/mol. The van der Waals surface area contributed by atoms with E-state index in [0.717, 1.165) is 11.2 Å². The average molecular weight is 1480 g/mol. The van der Waals surface area contributed by atoms with Gasteiger partial charge in [-0.2, -0.15) is 0 Å². The van der Waals surface area contributed by atoms with Gasteiger partial charge >= 0.3 is 48.2 Å². The maximum absolute atomic E-state index is 11.9. The van der Waals surface area contributed by atoms with Crippen molar-refractivity contribution < 1.29 is 154 Å². The highest BCUT2D eigenvalue weighted by atomic mass is 32.1. The van der Waals surface area contributed by atoms with Crippen molar-refractivity contribution in [2.75, 3.05) is 37.6 Å². The van der Waals surface area contributed by atoms with Crippen molar-refractivity contribution in [3.05, 3.63) is 67.9 Å². The molecule has 6 aliphatic heterocycles. The number of imidazole rings is 4. The molecule has 534 valence electrons. The summed E-state index contributed by atoms with van der Waals surface area (Å²) in [5, 5.41) is 99.3. The number of nitrogens with zero attached hydrogens (tertiary/aromatic N) is 15. The molecule has 50 heteroatoms. The lowest BCUT2D eigenvalue weighted by atomic mass is 10.1. The molecule has 0 aliphatic carbocycles. The number of hydrogen-bond acceptors (Lipinski definition) is 31. The van der Waals surface area contributed by atoms with Gasteiger partial charge in [0.1, 0.15) is 110 Å². The molecule has 0 radical (unpaired) electrons. The van der Waals surface area contributed by atoms with Crippen molar-refractivity contribution >= 4 is 106 Å². The number of ether oxygens (including phenoxy) is 4. The maximum atomic E-state index is 11.9. The molecule has 4 fully saturated rings. The van der Waals surface area contributed by atoms with E-state index in [4.69, 9.17) is 81.0 Å². The Morgan fingerprint density at radius 1 is 0.582 bits per heavy atom. The lowest BCUT2D eigenvalue weighted by Gasteiger charge is -2.30. The highest BCUT2D eigenvalue weighted by Gasteiger charge is 2.57. The second-order valence-electron chi connectivity index (χ2n) is 22.6. The first-order valence-electron chi connectivity index (χ1n) is 28.5. The Morgan fingerprint density at radius 2 is 1.04 bits per heavy atom. The van der Waals surface area contributed by atoms with Crippen LogP contribution in [0.3, 0.4) is 0 Å². The number of hydrazone groups is 1. The molecule has 17 atom stereocenters. The van der Waals surface area contributed by atoms with Crippen LogP contribution in [0.15, 0.2) is 72.1 Å². The molecule has 98 heavy (non-hydrogen) atoms. The summed E-state index contributed by atoms with van der Waals surface area (Å²) < 4.78 is 94.3. The summed E-state index contributed by atoms with van der Waals surface area (Å²) >= 11 is 5.25. The lowest BCUT2D eigenvalue weighted by Crippen LogP contribution is -2.46. The molecule has 0 saturated carbocycles. The lowest BCUT2D eigenvalue weighted by molar-refractivity contribution is -0.746. The third kappa shape index (κ3) is 14.5. The van der Waals surface area contributed by atoms with E-state index in [-0.39, 0.29) is 39.7 Å². The van der Waals surface area contributed by atoms with Crippen LogP contribution in [0.1, 0.15) is 43.8 Å². The number of anilines is 2. The molecular formula is C48H63N16O29P4S+. The van der Waals surface area contributed by atoms with Gasteiger partial charge in [0, 0.05) is 20.0 Å². The fourth-order valence-corrected chi connectivity index (χ4v) is 13.5. The number of aryl methyl sites for hydroxylation is 2. The normalized spacial score (nSPS) is 29.2. The van der Waals surface area contributed by atoms with Crippen LogP contribution in [-0.2, 0) is 82.0 Å². The monoisotopic (exact) mass is 1480 g/mol. The molecule has 0 amide bonds. The summed E-state index contributed by atoms with van der Waals surface area (Å²) in [6.45, 7) is 0.0718. The van der Waals surface area contributed by atoms with E-state index < -0.39 is 155 Å². The van der Waals surface area contributed by atoms with Crippen LogP contribution < -0.4 is 29.6 Å². The fraction of sp³-hybridized carbons (Fsp3) is 0.500. The molecule has 2 bridgehead atoms. The zero-order valence-electron chi connectivity index (χ0n) is 50.7. The Kier molecular flexibility index (Phi) is 20.5. The Balaban J connectivity index is 0.000000132. The van der Waals surface area contributed by atoms with Crippen molar-refractivity contribution in [3.63, 3.8) is 0 Å². The summed E-state index contributed by atoms with van der Waals surface area (Å²) in [5.41, 5.74) is 9.82. The number of aliphatic hydroxyl groups excluding tert-OH is 8. The summed E-state index contributed by atoms with van der Waals surface area (Å²) in [6.07, 6.45) is -10.8. The number of rotatable bonds is 14. The van der Waals surface area contributed by atoms with Crippen LogP contribution in [0.25, 0.3) is 44.7 Å². The molecule has 0 aromatic carbocycles. The number of pyridine rings is 3. The van der Waals surface area contributed by atoms with Crippen LogP contribution >= 0.6 is 31.3 Å². The van der Waals surface area contributed by atoms with Crippen molar-refractivity contribution in [2.24, 2.45) is 19.2 Å². The zero-order valence-corrected chi connectivity index (χ0v) is 55.0. The van der Waals surface area contributed by atoms with Crippen LogP contribution in [0.4, 0.5) is 11.5 Å². The average Bonchev–Trinajstić information content (AvgIpc) is 1.57. The van der Waals surface area contributed by atoms with Crippen molar-refractivity contribution in [1.29, 1.82) is 0 Å². The number of aromatic nitrogens is 13. The van der Waals surface area contributed by atoms with Crippen molar-refractivity contribution in [3.8, 4) is 5.75 Å². The number of nitrogen functional groups attached to an aromatic ring is 1. The standard InChI is InChI=1S/C14H18N5O7P.C12H16N3O8P.C12H16N3O7PS.C10H12N5O7P/c1-7-16-17(2)8-3-4-15-13-10(8)18(7)6-19(13)14-12(21)11(20)9(26-14)5-25-27(22,23)24;1-14-5-15(11-8(14)6(16)2-3-13-11)12-10(18)9(17)7(23-12)4-22-24(19,20)21;1-14-5-15(11-8(14)7(24)2-3-13-11)12-10(17)9(16)6(22-12)4-21-23(18,19)20;11-7-2-8(13-1-12-7)15-9(14-2)6(22-23(18,19)20)5-3(16)4(17)10(15)21-5/h3-4,6,9,11-12,14,20-21H,5H2,1-2H3,(H-,22,23,24);2-3,5,7,9-10,12,17-18H,4H2,1H3,(H2-,13,16,19,20,21);2-3,5-6,9-10,12,16-17H,4H2,1H3,(H2-,13,18,19,20,24);1,3-6,10,16-17H,(H2,11,12,13)(H2,18,19,20)/p+1/t9-,11-,12-,14-;7-,9-,10-,12-;6-,9-,10-,12-;3-,4+,5-,6?,10+/m1110/s1. The zero-order chi connectivity index (χ0) is 71.3. The van der Waals surface area contributed by atoms with Crippen molar-refractivity contribution in [1.82, 2.24) is 48.2 Å². The van der Waals surface area contributed by atoms with Gasteiger partial charge in [0.05, 0.1) is 33.9 Å². The summed E-state index contributed by atoms with van der Waals surface area (Å²) in [5.74, 6) is 0.497. The van der Waals surface area contributed by atoms with Gasteiger partial charge in [0.2, 0.25) is 24.2 Å². The number of nitrogens with two attached hydrogens (primary N) is 1. The highest BCUT2D eigenvalue weighted by molar-refractivity contribution is 7.59. The van der Waals surface area contributed by atoms with Crippen LogP contribution in [0.5, 0.6) is 5.75 Å². The molecule has 18 N–H and O–H groups in total. The van der Waals surface area contributed by atoms with Gasteiger partial charge in [-0.1, -0.05) is 5.75 Å². The Hall–Kier alpha value is -6.34. The minimum atomic E-state index is -4.92. The van der Waals surface area contributed by atoms with Crippen LogP contribution in [0, 0.1) is 0 Å². The largest absolute Gasteiger partial charge is 0.870 e. The number of aliphatic hydroxyl groups is 8. The first-order chi connectivity index (χ1) is 45.8. The minimum absolute atomic E-state index is 0.0346. The molecule has 8 aromatic rings. The van der Waals surface area contributed by atoms with E-state index in [1.54, 1.807) is 70.8 Å². The third-order valence-corrected chi connectivity index (χ3v) is 18.3. The van der Waals surface area contributed by atoms with Gasteiger partial charge in [-0.15, -0.1) is 24.9 Å². The van der Waals surface area contributed by atoms with E-state index in [0.29, 0.717) is 27.5 Å². The first kappa shape index (κ1) is 72.9. The molecule has 0 spiro atoms. The predicted octanol–water partition coefficient (Wildman–Crippen LogP) is -6.97. The molecule has 14 heterocycles. The van der Waals surface area contributed by atoms with E-state index >= 15 is 0 Å². The molecule has 45 nitrogen and oxygen atoms in total. The topological polar surface area (TPSA) is 639 Å². The molecule has 4 saturated heterocycles. The Morgan fingerprint density at radius 3 is 1.54 bits per heavy atom. The third-order valence-electron chi connectivity index (χ3n) is 16.0. The summed E-state index contributed by atoms with van der Waals surface area (Å²) in [7, 11) is -13.9. The Labute approximate surface area is 552 Å². The van der Waals surface area contributed by atoms with Gasteiger partial charge in [0.25, 0.3) is 0 Å². The van der Waals surface area contributed by atoms with E-state index in [2.05, 4.69) is 48.6 Å². The second kappa shape index (κ2) is 27.5. The van der Waals surface area contributed by atoms with E-state index in [1.807, 2.05) is 6.92 Å². The Bertz CT molecular complexity index is 4410. The minimum Gasteiger partial charge on any atom is -0.870 e. The van der Waals surface area contributed by atoms with E-state index in [1.165, 1.54) is 49.4 Å². The first-order valence-corrected chi connectivity index (χ1v) is 35.0. The quantitative estimate of drug-likeness (QED) is 0.0273. The van der Waals surface area contributed by atoms with Gasteiger partial charge in [-0.25, -0.2) is 51.5 Å². The molecule has 1 unspecified atom stereocenters. The van der Waals surface area contributed by atoms with E-state index in [9.17, 15) is 64.2 Å². The van der Waals surface area contributed by atoms with Gasteiger partial charge in [-0.3, -0.25) is 36.8 Å². The smallest absolute Gasteiger partial charge is 0.470 e. The van der Waals surface area contributed by atoms with Gasteiger partial charge in [0.15, 0.2) is 65.2 Å². The van der Waals surface area contributed by atoms with Crippen molar-refractivity contribution in [2.45, 2.75) is 116 Å². The number of phosphoric ester groups is 4. The molecule has 8 aromatic heterocycles. The number of phosphoric acid groups is 4. The molecule has 14 rings (SSSR count). The predicted molar refractivity (Wildman–Crippen MR) is 317 cm³/mol. The summed E-state index contributed by atoms with van der Waals surface area (Å²) in [4.78, 5) is 96.0. The number of fused-ring (bicyclic) bond motifs is 8. The number of hydrogen-bond donors (Lipinski definition) is 17. The second-order valence-corrected chi connectivity index (χ2v) is 27.9. The summed E-state index contributed by atoms with van der Waals surface area (Å²) in [6, 6.07) is 4.76. The van der Waals surface area contributed by atoms with Gasteiger partial charge < -0.3 is 122 Å². The highest BCUT2D eigenvalue weighted by Crippen LogP contribution is 2.52. The van der Waals surface area contributed by atoms with Gasteiger partial charge in [-0.05, 0) is 12.1 Å². The SMILES string of the molecule is CC1=NN(C)c2ccnc3c2n1c[n+]3[C@@H]1O[C@H](COP(=O)(O)O)[C@@H](O)[C@H]1O.Cn1c[n+]([C@@H]2O[C@H](COP(=O)(O)O)[C@@H](O)[C@H]2O)c2nccc([O-])c21.Cn1c[n+]([C@@H]2O[C@H](COP(=O)(O)O)[C@@H](O)[C@H]2O)c2nccc([S-])c21.Nc1ncnc2c1nc1n2[C@@H]2O[C@H](C1OP(=O)(O)O)[C@@H](O)[C@H]2O. The molecule has 6 aliphatic rings. The van der Waals surface area contributed by atoms with Crippen LogP contribution in [0.2, 0.25) is 0 Å². The maximum Gasteiger partial charge on any atom is 0.470 e. The fourth-order valence-electron chi connectivity index (χ4n) is 11.7.